The largest absolute Gasteiger partial charge is 0.372 e. The molecule has 0 saturated carbocycles. The molecule has 2 aromatic carbocycles. The smallest absolute Gasteiger partial charge is 0.255 e. The Labute approximate surface area is 150 Å². The summed E-state index contributed by atoms with van der Waals surface area (Å²) >= 11 is 0. The van der Waals surface area contributed by atoms with Crippen molar-refractivity contribution in [2.24, 2.45) is 0 Å². The van der Waals surface area contributed by atoms with Crippen LogP contribution in [0, 0.1) is 0 Å². The Bertz CT molecular complexity index is 791. The number of rotatable bonds is 5. The van der Waals surface area contributed by atoms with Crippen molar-refractivity contribution in [3.05, 3.63) is 65.6 Å². The van der Waals surface area contributed by atoms with Crippen molar-refractivity contribution in [1.82, 2.24) is 0 Å². The molecule has 0 atom stereocenters. The standard InChI is InChI=1S/C20H24N2O2S/c23-25(24,17-14-18-8-4-3-5-9-18)21-19-10-12-20(13-11-19)22-15-6-1-2-7-16-22/h3-5,8-14,17,21H,1-2,6-7,15-16H2/b17-14+. The molecule has 0 amide bonds. The van der Waals surface area contributed by atoms with Crippen LogP contribution in [0.2, 0.25) is 0 Å². The molecule has 4 nitrogen and oxygen atoms in total. The zero-order valence-electron chi connectivity index (χ0n) is 14.3. The Balaban J connectivity index is 1.65. The van der Waals surface area contributed by atoms with Gasteiger partial charge in [0.15, 0.2) is 0 Å². The fraction of sp³-hybridized carbons (Fsp3) is 0.300. The lowest BCUT2D eigenvalue weighted by Gasteiger charge is -2.22. The van der Waals surface area contributed by atoms with Crippen LogP contribution in [0.3, 0.4) is 0 Å². The molecule has 5 heteroatoms. The number of hydrogen-bond acceptors (Lipinski definition) is 3. The highest BCUT2D eigenvalue weighted by Gasteiger charge is 2.10. The Kier molecular flexibility index (Phi) is 5.76. The van der Waals surface area contributed by atoms with Gasteiger partial charge >= 0.3 is 0 Å². The SMILES string of the molecule is O=S(=O)(/C=C/c1ccccc1)Nc1ccc(N2CCCCCC2)cc1. The topological polar surface area (TPSA) is 49.4 Å². The highest BCUT2D eigenvalue weighted by Crippen LogP contribution is 2.22. The summed E-state index contributed by atoms with van der Waals surface area (Å²) in [6.45, 7) is 2.15. The molecular weight excluding hydrogens is 332 g/mol. The molecule has 0 radical (unpaired) electrons. The summed E-state index contributed by atoms with van der Waals surface area (Å²) < 4.78 is 27.0. The Morgan fingerprint density at radius 3 is 2.12 bits per heavy atom. The molecule has 132 valence electrons. The second-order valence-corrected chi connectivity index (χ2v) is 7.87. The highest BCUT2D eigenvalue weighted by atomic mass is 32.2. The van der Waals surface area contributed by atoms with Gasteiger partial charge in [0.05, 0.1) is 5.41 Å². The van der Waals surface area contributed by atoms with E-state index in [9.17, 15) is 8.42 Å². The molecule has 0 spiro atoms. The minimum absolute atomic E-state index is 0.580. The van der Waals surface area contributed by atoms with Crippen LogP contribution in [0.4, 0.5) is 11.4 Å². The Morgan fingerprint density at radius 2 is 1.48 bits per heavy atom. The van der Waals surface area contributed by atoms with E-state index in [2.05, 4.69) is 9.62 Å². The van der Waals surface area contributed by atoms with Crippen LogP contribution >= 0.6 is 0 Å². The molecule has 0 bridgehead atoms. The van der Waals surface area contributed by atoms with Gasteiger partial charge in [-0.05, 0) is 48.7 Å². The van der Waals surface area contributed by atoms with E-state index in [-0.39, 0.29) is 0 Å². The van der Waals surface area contributed by atoms with Crippen molar-refractivity contribution >= 4 is 27.5 Å². The van der Waals surface area contributed by atoms with Crippen LogP contribution in [-0.2, 0) is 10.0 Å². The predicted molar refractivity (Wildman–Crippen MR) is 105 cm³/mol. The first kappa shape index (κ1) is 17.5. The van der Waals surface area contributed by atoms with Gasteiger partial charge in [0.25, 0.3) is 10.0 Å². The predicted octanol–water partition coefficient (Wildman–Crippen LogP) is 4.48. The number of hydrogen-bond donors (Lipinski definition) is 1. The third-order valence-corrected chi connectivity index (χ3v) is 5.35. The van der Waals surface area contributed by atoms with Crippen molar-refractivity contribution < 1.29 is 8.42 Å². The zero-order valence-corrected chi connectivity index (χ0v) is 15.1. The van der Waals surface area contributed by atoms with E-state index in [0.29, 0.717) is 5.69 Å². The maximum Gasteiger partial charge on any atom is 0.255 e. The first-order valence-corrected chi connectivity index (χ1v) is 10.3. The normalized spacial score (nSPS) is 15.9. The highest BCUT2D eigenvalue weighted by molar-refractivity contribution is 7.95. The van der Waals surface area contributed by atoms with Crippen molar-refractivity contribution in [3.63, 3.8) is 0 Å². The monoisotopic (exact) mass is 356 g/mol. The Hall–Kier alpha value is -2.27. The van der Waals surface area contributed by atoms with Gasteiger partial charge in [-0.1, -0.05) is 43.2 Å². The van der Waals surface area contributed by atoms with Gasteiger partial charge in [-0.15, -0.1) is 0 Å². The molecule has 25 heavy (non-hydrogen) atoms. The molecule has 1 N–H and O–H groups in total. The van der Waals surface area contributed by atoms with Crippen molar-refractivity contribution in [1.29, 1.82) is 0 Å². The molecule has 0 aliphatic carbocycles. The van der Waals surface area contributed by atoms with E-state index in [4.69, 9.17) is 0 Å². The third kappa shape index (κ3) is 5.36. The molecular formula is C20H24N2O2S. The van der Waals surface area contributed by atoms with Crippen LogP contribution in [0.1, 0.15) is 31.2 Å². The molecule has 2 aromatic rings. The molecule has 1 aliphatic heterocycles. The van der Waals surface area contributed by atoms with Gasteiger partial charge in [-0.3, -0.25) is 4.72 Å². The number of benzene rings is 2. The molecule has 1 aliphatic rings. The molecule has 1 saturated heterocycles. The van der Waals surface area contributed by atoms with E-state index in [1.165, 1.54) is 31.1 Å². The third-order valence-electron chi connectivity index (χ3n) is 4.34. The van der Waals surface area contributed by atoms with Crippen molar-refractivity contribution in [3.8, 4) is 0 Å². The van der Waals surface area contributed by atoms with Crippen LogP contribution in [0.15, 0.2) is 60.0 Å². The second kappa shape index (κ2) is 8.21. The fourth-order valence-electron chi connectivity index (χ4n) is 3.00. The van der Waals surface area contributed by atoms with Crippen LogP contribution in [0.25, 0.3) is 6.08 Å². The van der Waals surface area contributed by atoms with Gasteiger partial charge in [-0.25, -0.2) is 8.42 Å². The van der Waals surface area contributed by atoms with E-state index >= 15 is 0 Å². The summed E-state index contributed by atoms with van der Waals surface area (Å²) in [7, 11) is -3.52. The van der Waals surface area contributed by atoms with Crippen LogP contribution in [-0.4, -0.2) is 21.5 Å². The van der Waals surface area contributed by atoms with Crippen LogP contribution < -0.4 is 9.62 Å². The zero-order chi connectivity index (χ0) is 17.5. The number of nitrogens with one attached hydrogen (secondary N) is 1. The maximum absolute atomic E-state index is 12.2. The van der Waals surface area contributed by atoms with Crippen molar-refractivity contribution in [2.45, 2.75) is 25.7 Å². The van der Waals surface area contributed by atoms with Crippen LogP contribution in [0.5, 0.6) is 0 Å². The first-order valence-electron chi connectivity index (χ1n) is 8.73. The first-order chi connectivity index (χ1) is 12.1. The molecule has 0 aromatic heterocycles. The number of sulfonamides is 1. The van der Waals surface area contributed by atoms with E-state index in [1.54, 1.807) is 6.08 Å². The summed E-state index contributed by atoms with van der Waals surface area (Å²) in [5.41, 5.74) is 2.59. The lowest BCUT2D eigenvalue weighted by Crippen LogP contribution is -2.23. The van der Waals surface area contributed by atoms with Gasteiger partial charge in [0.2, 0.25) is 0 Å². The summed E-state index contributed by atoms with van der Waals surface area (Å²) in [5, 5.41) is 1.20. The summed E-state index contributed by atoms with van der Waals surface area (Å²) in [6, 6.07) is 17.0. The summed E-state index contributed by atoms with van der Waals surface area (Å²) in [5.74, 6) is 0. The maximum atomic E-state index is 12.2. The van der Waals surface area contributed by atoms with E-state index in [0.717, 1.165) is 24.3 Å². The number of anilines is 2. The van der Waals surface area contributed by atoms with Gasteiger partial charge in [-0.2, -0.15) is 0 Å². The van der Waals surface area contributed by atoms with Gasteiger partial charge < -0.3 is 4.90 Å². The molecule has 1 heterocycles. The molecule has 0 unspecified atom stereocenters. The van der Waals surface area contributed by atoms with E-state index < -0.39 is 10.0 Å². The minimum Gasteiger partial charge on any atom is -0.372 e. The molecule has 3 rings (SSSR count). The molecule has 1 fully saturated rings. The average molecular weight is 356 g/mol. The van der Waals surface area contributed by atoms with Gasteiger partial charge in [0, 0.05) is 24.5 Å². The number of nitrogens with zero attached hydrogens (tertiary/aromatic N) is 1. The fourth-order valence-corrected chi connectivity index (χ4v) is 3.87. The van der Waals surface area contributed by atoms with Gasteiger partial charge in [0.1, 0.15) is 0 Å². The lowest BCUT2D eigenvalue weighted by molar-refractivity contribution is 0.609. The summed E-state index contributed by atoms with van der Waals surface area (Å²) in [4.78, 5) is 2.38. The second-order valence-electron chi connectivity index (χ2n) is 6.31. The Morgan fingerprint density at radius 1 is 0.840 bits per heavy atom. The minimum atomic E-state index is -3.52. The van der Waals surface area contributed by atoms with E-state index in [1.807, 2.05) is 54.6 Å². The quantitative estimate of drug-likeness (QED) is 0.859. The lowest BCUT2D eigenvalue weighted by atomic mass is 10.2. The van der Waals surface area contributed by atoms with Crippen molar-refractivity contribution in [2.75, 3.05) is 22.7 Å². The average Bonchev–Trinajstić information content (AvgIpc) is 2.91. The summed E-state index contributed by atoms with van der Waals surface area (Å²) in [6.07, 6.45) is 6.62.